The molecule has 0 heterocycles. The van der Waals surface area contributed by atoms with Gasteiger partial charge in [0.05, 0.1) is 0 Å². The molecule has 0 bridgehead atoms. The summed E-state index contributed by atoms with van der Waals surface area (Å²) in [5, 5.41) is 12.0. The molecule has 5 nitrogen and oxygen atoms in total. The van der Waals surface area contributed by atoms with Crippen molar-refractivity contribution in [3.05, 3.63) is 70.8 Å². The number of amides is 2. The van der Waals surface area contributed by atoms with E-state index in [0.717, 1.165) is 5.56 Å². The molecule has 27 heavy (non-hydrogen) atoms. The van der Waals surface area contributed by atoms with E-state index in [1.165, 1.54) is 10.5 Å². The zero-order chi connectivity index (χ0) is 20.0. The molecule has 0 aliphatic heterocycles. The Labute approximate surface area is 159 Å². The Morgan fingerprint density at radius 3 is 2.11 bits per heavy atom. The van der Waals surface area contributed by atoms with Crippen molar-refractivity contribution in [1.29, 1.82) is 5.26 Å². The van der Waals surface area contributed by atoms with Gasteiger partial charge in [-0.3, -0.25) is 9.59 Å². The number of hydrogen-bond acceptors (Lipinski definition) is 3. The Morgan fingerprint density at radius 1 is 1.04 bits per heavy atom. The van der Waals surface area contributed by atoms with Crippen LogP contribution in [0.15, 0.2) is 54.1 Å². The smallest absolute Gasteiger partial charge is 0.266 e. The Hall–Kier alpha value is -3.39. The van der Waals surface area contributed by atoms with Gasteiger partial charge in [0.25, 0.3) is 11.8 Å². The van der Waals surface area contributed by atoms with Crippen molar-refractivity contribution in [2.24, 2.45) is 0 Å². The van der Waals surface area contributed by atoms with Gasteiger partial charge in [0.2, 0.25) is 0 Å². The van der Waals surface area contributed by atoms with Gasteiger partial charge in [0.15, 0.2) is 0 Å². The van der Waals surface area contributed by atoms with E-state index >= 15 is 0 Å². The van der Waals surface area contributed by atoms with E-state index in [0.29, 0.717) is 17.2 Å². The second-order valence-electron chi connectivity index (χ2n) is 6.72. The van der Waals surface area contributed by atoms with Crippen LogP contribution in [0, 0.1) is 11.3 Å². The minimum Gasteiger partial charge on any atom is -0.345 e. The lowest BCUT2D eigenvalue weighted by Crippen LogP contribution is -2.21. The number of carbonyl (C=O) groups excluding carboxylic acids is 2. The summed E-state index contributed by atoms with van der Waals surface area (Å²) in [6.45, 7) is 4.22. The van der Waals surface area contributed by atoms with E-state index in [2.05, 4.69) is 19.2 Å². The largest absolute Gasteiger partial charge is 0.345 e. The molecule has 0 saturated heterocycles. The molecule has 2 aromatic rings. The first-order valence-corrected chi connectivity index (χ1v) is 8.66. The molecule has 0 unspecified atom stereocenters. The molecular weight excluding hydrogens is 338 g/mol. The highest BCUT2D eigenvalue weighted by atomic mass is 16.2. The Bertz CT molecular complexity index is 887. The van der Waals surface area contributed by atoms with Gasteiger partial charge >= 0.3 is 0 Å². The van der Waals surface area contributed by atoms with Gasteiger partial charge in [-0.15, -0.1) is 0 Å². The lowest BCUT2D eigenvalue weighted by Gasteiger charge is -2.11. The molecule has 5 heteroatoms. The van der Waals surface area contributed by atoms with E-state index in [1.54, 1.807) is 44.4 Å². The third kappa shape index (κ3) is 5.29. The maximum atomic E-state index is 12.4. The summed E-state index contributed by atoms with van der Waals surface area (Å²) in [5.41, 5.74) is 3.05. The first-order chi connectivity index (χ1) is 12.8. The third-order valence-electron chi connectivity index (χ3n) is 4.08. The van der Waals surface area contributed by atoms with Crippen LogP contribution in [-0.4, -0.2) is 30.8 Å². The quantitative estimate of drug-likeness (QED) is 0.645. The highest BCUT2D eigenvalue weighted by Crippen LogP contribution is 2.17. The maximum absolute atomic E-state index is 12.4. The molecule has 0 saturated carbocycles. The summed E-state index contributed by atoms with van der Waals surface area (Å²) < 4.78 is 0. The van der Waals surface area contributed by atoms with E-state index in [9.17, 15) is 14.9 Å². The average Bonchev–Trinajstić information content (AvgIpc) is 2.66. The molecule has 138 valence electrons. The van der Waals surface area contributed by atoms with Crippen molar-refractivity contribution < 1.29 is 9.59 Å². The van der Waals surface area contributed by atoms with E-state index < -0.39 is 5.91 Å². The second-order valence-corrected chi connectivity index (χ2v) is 6.72. The number of hydrogen-bond donors (Lipinski definition) is 1. The second kappa shape index (κ2) is 8.81. The molecule has 0 fully saturated rings. The molecular formula is C22H23N3O2. The monoisotopic (exact) mass is 361 g/mol. The highest BCUT2D eigenvalue weighted by Gasteiger charge is 2.11. The molecule has 0 aliphatic carbocycles. The summed E-state index contributed by atoms with van der Waals surface area (Å²) in [6.07, 6.45) is 1.56. The van der Waals surface area contributed by atoms with Crippen LogP contribution in [0.4, 0.5) is 5.69 Å². The number of carbonyl (C=O) groups is 2. The Balaban J connectivity index is 2.13. The van der Waals surface area contributed by atoms with E-state index in [4.69, 9.17) is 0 Å². The molecule has 1 N–H and O–H groups in total. The van der Waals surface area contributed by atoms with Crippen LogP contribution < -0.4 is 5.32 Å². The molecule has 0 aliphatic rings. The molecule has 2 rings (SSSR count). The van der Waals surface area contributed by atoms with Gasteiger partial charge in [-0.25, -0.2) is 0 Å². The van der Waals surface area contributed by atoms with Crippen LogP contribution in [-0.2, 0) is 4.79 Å². The van der Waals surface area contributed by atoms with Gasteiger partial charge in [0.1, 0.15) is 11.6 Å². The number of nitriles is 1. The number of anilines is 1. The van der Waals surface area contributed by atoms with Gasteiger partial charge in [-0.2, -0.15) is 5.26 Å². The molecule has 0 spiro atoms. The molecule has 0 aromatic heterocycles. The summed E-state index contributed by atoms with van der Waals surface area (Å²) in [7, 11) is 3.35. The summed E-state index contributed by atoms with van der Waals surface area (Å²) in [4.78, 5) is 25.7. The number of benzene rings is 2. The Kier molecular flexibility index (Phi) is 6.51. The van der Waals surface area contributed by atoms with Crippen molar-refractivity contribution in [1.82, 2.24) is 4.90 Å². The predicted octanol–water partition coefficient (Wildman–Crippen LogP) is 4.06. The van der Waals surface area contributed by atoms with E-state index in [-0.39, 0.29) is 11.5 Å². The maximum Gasteiger partial charge on any atom is 0.266 e. The van der Waals surface area contributed by atoms with Gasteiger partial charge in [-0.1, -0.05) is 38.1 Å². The van der Waals surface area contributed by atoms with Gasteiger partial charge in [0, 0.05) is 25.3 Å². The van der Waals surface area contributed by atoms with Crippen molar-refractivity contribution in [2.45, 2.75) is 19.8 Å². The standard InChI is InChI=1S/C22H23N3O2/c1-15(2)17-7-5-16(6-8-17)13-19(14-23)21(26)24-20-11-9-18(10-12-20)22(27)25(3)4/h5-13,15H,1-4H3,(H,24,26)/b19-13+. The van der Waals surface area contributed by atoms with Crippen molar-refractivity contribution in [3.63, 3.8) is 0 Å². The molecule has 0 atom stereocenters. The highest BCUT2D eigenvalue weighted by molar-refractivity contribution is 6.09. The summed E-state index contributed by atoms with van der Waals surface area (Å²) >= 11 is 0. The third-order valence-corrected chi connectivity index (χ3v) is 4.08. The van der Waals surface area contributed by atoms with Crippen LogP contribution >= 0.6 is 0 Å². The van der Waals surface area contributed by atoms with Crippen LogP contribution in [0.2, 0.25) is 0 Å². The fourth-order valence-electron chi connectivity index (χ4n) is 2.45. The number of rotatable bonds is 5. The van der Waals surface area contributed by atoms with E-state index in [1.807, 2.05) is 30.3 Å². The SMILES string of the molecule is CC(C)c1ccc(/C=C(\C#N)C(=O)Nc2ccc(C(=O)N(C)C)cc2)cc1. The molecule has 0 radical (unpaired) electrons. The molecule has 2 aromatic carbocycles. The normalized spacial score (nSPS) is 11.0. The average molecular weight is 361 g/mol. The van der Waals surface area contributed by atoms with Gasteiger partial charge < -0.3 is 10.2 Å². The van der Waals surface area contributed by atoms with Gasteiger partial charge in [-0.05, 0) is 47.4 Å². The van der Waals surface area contributed by atoms with Crippen LogP contribution in [0.5, 0.6) is 0 Å². The Morgan fingerprint density at radius 2 is 1.63 bits per heavy atom. The van der Waals surface area contributed by atoms with Crippen molar-refractivity contribution in [3.8, 4) is 6.07 Å². The van der Waals surface area contributed by atoms with Crippen LogP contribution in [0.1, 0.15) is 41.3 Å². The topological polar surface area (TPSA) is 73.2 Å². The number of nitrogens with zero attached hydrogens (tertiary/aromatic N) is 2. The zero-order valence-electron chi connectivity index (χ0n) is 16.0. The summed E-state index contributed by atoms with van der Waals surface area (Å²) in [5.74, 6) is -0.184. The van der Waals surface area contributed by atoms with Crippen LogP contribution in [0.25, 0.3) is 6.08 Å². The summed E-state index contributed by atoms with van der Waals surface area (Å²) in [6, 6.07) is 16.3. The zero-order valence-corrected chi connectivity index (χ0v) is 16.0. The van der Waals surface area contributed by atoms with Crippen molar-refractivity contribution >= 4 is 23.6 Å². The first-order valence-electron chi connectivity index (χ1n) is 8.66. The minimum absolute atomic E-state index is 0.0146. The first kappa shape index (κ1) is 19.9. The lowest BCUT2D eigenvalue weighted by atomic mass is 10.0. The number of nitrogens with one attached hydrogen (secondary N) is 1. The molecule has 2 amide bonds. The lowest BCUT2D eigenvalue weighted by molar-refractivity contribution is -0.112. The van der Waals surface area contributed by atoms with Crippen molar-refractivity contribution in [2.75, 3.05) is 19.4 Å². The predicted molar refractivity (Wildman–Crippen MR) is 107 cm³/mol. The fourth-order valence-corrected chi connectivity index (χ4v) is 2.45. The minimum atomic E-state index is -0.489. The van der Waals surface area contributed by atoms with Crippen LogP contribution in [0.3, 0.4) is 0 Å². The fraction of sp³-hybridized carbons (Fsp3) is 0.227.